The Kier molecular flexibility index (Phi) is 6.84. The second-order valence-electron chi connectivity index (χ2n) is 5.96. The van der Waals surface area contributed by atoms with Crippen molar-refractivity contribution in [1.29, 1.82) is 5.26 Å². The van der Waals surface area contributed by atoms with Crippen molar-refractivity contribution in [3.63, 3.8) is 0 Å². The molecule has 0 fully saturated rings. The summed E-state index contributed by atoms with van der Waals surface area (Å²) < 4.78 is 14.7. The van der Waals surface area contributed by atoms with Gasteiger partial charge in [0.25, 0.3) is 5.69 Å². The number of nitro benzene ring substituents is 1. The lowest BCUT2D eigenvalue weighted by Crippen LogP contribution is -2.39. The molecule has 2 aromatic carbocycles. The molecular formula is C18H18FN5O4. The number of azo groups is 1. The van der Waals surface area contributed by atoms with E-state index in [2.05, 4.69) is 10.2 Å². The van der Waals surface area contributed by atoms with Crippen LogP contribution in [0.2, 0.25) is 0 Å². The molecule has 0 saturated carbocycles. The average Bonchev–Trinajstić information content (AvgIpc) is 2.65. The smallest absolute Gasteiger partial charge is 0.271 e. The van der Waals surface area contributed by atoms with Gasteiger partial charge in [0.05, 0.1) is 16.2 Å². The van der Waals surface area contributed by atoms with Gasteiger partial charge in [0.2, 0.25) is 0 Å². The number of halogens is 1. The topological polar surface area (TPSA) is 135 Å². The number of aliphatic hydroxyl groups is 2. The highest BCUT2D eigenvalue weighted by molar-refractivity contribution is 5.52. The predicted molar refractivity (Wildman–Crippen MR) is 97.3 cm³/mol. The molecule has 0 spiro atoms. The molecule has 0 radical (unpaired) electrons. The summed E-state index contributed by atoms with van der Waals surface area (Å²) in [7, 11) is 0. The minimum absolute atomic E-state index is 0.0581. The highest BCUT2D eigenvalue weighted by atomic mass is 19.1. The summed E-state index contributed by atoms with van der Waals surface area (Å²) in [4.78, 5) is 11.5. The van der Waals surface area contributed by atoms with E-state index in [-0.39, 0.29) is 34.7 Å². The number of benzene rings is 2. The van der Waals surface area contributed by atoms with Crippen molar-refractivity contribution in [3.8, 4) is 6.07 Å². The summed E-state index contributed by atoms with van der Waals surface area (Å²) in [5.74, 6) is -0.912. The first-order valence-electron chi connectivity index (χ1n) is 8.24. The van der Waals surface area contributed by atoms with E-state index in [1.54, 1.807) is 6.07 Å². The molecule has 0 aliphatic heterocycles. The van der Waals surface area contributed by atoms with Crippen LogP contribution in [0.4, 0.5) is 21.5 Å². The Morgan fingerprint density at radius 3 is 2.50 bits per heavy atom. The van der Waals surface area contributed by atoms with E-state index in [1.807, 2.05) is 0 Å². The molecule has 2 N–H and O–H groups in total. The van der Waals surface area contributed by atoms with Crippen LogP contribution in [-0.2, 0) is 6.54 Å². The van der Waals surface area contributed by atoms with E-state index in [4.69, 9.17) is 0 Å². The molecule has 0 aromatic heterocycles. The van der Waals surface area contributed by atoms with Crippen LogP contribution in [0.15, 0.2) is 46.6 Å². The van der Waals surface area contributed by atoms with Crippen LogP contribution in [0, 0.1) is 27.3 Å². The Labute approximate surface area is 160 Å². The van der Waals surface area contributed by atoms with Crippen LogP contribution in [0.25, 0.3) is 0 Å². The molecule has 0 amide bonds. The van der Waals surface area contributed by atoms with Gasteiger partial charge in [-0.15, -0.1) is 5.11 Å². The molecular weight excluding hydrogens is 369 g/mol. The first-order chi connectivity index (χ1) is 13.2. The number of nitrogens with zero attached hydrogens (tertiary/aromatic N) is 5. The second-order valence-corrected chi connectivity index (χ2v) is 5.96. The largest absolute Gasteiger partial charge is 0.379 e. The van der Waals surface area contributed by atoms with Gasteiger partial charge in [-0.25, -0.2) is 9.29 Å². The van der Waals surface area contributed by atoms with Gasteiger partial charge in [-0.1, -0.05) is 12.1 Å². The third-order valence-corrected chi connectivity index (χ3v) is 3.95. The van der Waals surface area contributed by atoms with Crippen molar-refractivity contribution < 1.29 is 19.5 Å². The van der Waals surface area contributed by atoms with Crippen LogP contribution >= 0.6 is 0 Å². The summed E-state index contributed by atoms with van der Waals surface area (Å²) in [6, 6.07) is 9.87. The molecule has 0 bridgehead atoms. The molecule has 10 heteroatoms. The molecule has 9 nitrogen and oxygen atoms in total. The molecule has 2 atom stereocenters. The summed E-state index contributed by atoms with van der Waals surface area (Å²) >= 11 is 0. The summed E-state index contributed by atoms with van der Waals surface area (Å²) in [5, 5.41) is 47.0. The number of nitriles is 1. The van der Waals surface area contributed by atoms with Crippen LogP contribution in [0.1, 0.15) is 25.0 Å². The summed E-state index contributed by atoms with van der Waals surface area (Å²) in [6.07, 6.45) is -2.02. The van der Waals surface area contributed by atoms with E-state index in [0.29, 0.717) is 0 Å². The fraction of sp³-hybridized carbons (Fsp3) is 0.278. The van der Waals surface area contributed by atoms with Gasteiger partial charge >= 0.3 is 0 Å². The van der Waals surface area contributed by atoms with Crippen molar-refractivity contribution in [2.75, 3.05) is 0 Å². The van der Waals surface area contributed by atoms with Crippen molar-refractivity contribution in [2.24, 2.45) is 10.2 Å². The quantitative estimate of drug-likeness (QED) is 0.323. The Balaban J connectivity index is 2.34. The standard InChI is InChI=1S/C18H18FN5O4/c1-11(25)23(12(2)26)10-13-6-7-17(18(19)16(13)9-20)22-21-14-4-3-5-15(8-14)24(27)28/h3-8,11-12,25-26H,10H2,1-2H3. The zero-order chi connectivity index (χ0) is 20.8. The molecule has 2 unspecified atom stereocenters. The summed E-state index contributed by atoms with van der Waals surface area (Å²) in [6.45, 7) is 2.82. The number of hydrogen-bond donors (Lipinski definition) is 2. The van der Waals surface area contributed by atoms with Crippen molar-refractivity contribution in [2.45, 2.75) is 32.8 Å². The van der Waals surface area contributed by atoms with Gasteiger partial charge < -0.3 is 10.2 Å². The lowest BCUT2D eigenvalue weighted by Gasteiger charge is -2.28. The Bertz CT molecular complexity index is 932. The molecule has 2 aromatic rings. The van der Waals surface area contributed by atoms with Gasteiger partial charge in [-0.2, -0.15) is 10.4 Å². The highest BCUT2D eigenvalue weighted by Crippen LogP contribution is 2.28. The van der Waals surface area contributed by atoms with Gasteiger partial charge in [0.15, 0.2) is 5.82 Å². The monoisotopic (exact) mass is 387 g/mol. The fourth-order valence-electron chi connectivity index (χ4n) is 2.49. The van der Waals surface area contributed by atoms with E-state index in [9.17, 15) is 30.0 Å². The minimum atomic E-state index is -1.01. The van der Waals surface area contributed by atoms with E-state index >= 15 is 0 Å². The molecule has 0 aliphatic carbocycles. The molecule has 0 saturated heterocycles. The maximum atomic E-state index is 14.7. The number of nitro groups is 1. The van der Waals surface area contributed by atoms with Gasteiger partial charge in [0, 0.05) is 18.7 Å². The number of rotatable bonds is 7. The van der Waals surface area contributed by atoms with Crippen LogP contribution in [0.3, 0.4) is 0 Å². The predicted octanol–water partition coefficient (Wildman–Crippen LogP) is 3.50. The van der Waals surface area contributed by atoms with Crippen molar-refractivity contribution in [3.05, 3.63) is 63.5 Å². The normalized spacial score (nSPS) is 13.5. The number of aliphatic hydroxyl groups excluding tert-OH is 2. The molecule has 146 valence electrons. The average molecular weight is 387 g/mol. The molecule has 28 heavy (non-hydrogen) atoms. The van der Waals surface area contributed by atoms with Crippen molar-refractivity contribution in [1.82, 2.24) is 4.90 Å². The first-order valence-corrected chi connectivity index (χ1v) is 8.24. The zero-order valence-electron chi connectivity index (χ0n) is 15.2. The maximum absolute atomic E-state index is 14.7. The second kappa shape index (κ2) is 9.09. The van der Waals surface area contributed by atoms with Crippen molar-refractivity contribution >= 4 is 17.1 Å². The fourth-order valence-corrected chi connectivity index (χ4v) is 2.49. The maximum Gasteiger partial charge on any atom is 0.271 e. The highest BCUT2D eigenvalue weighted by Gasteiger charge is 2.21. The number of hydrogen-bond acceptors (Lipinski definition) is 8. The molecule has 0 heterocycles. The van der Waals surface area contributed by atoms with Crippen LogP contribution in [-0.4, -0.2) is 32.5 Å². The summed E-state index contributed by atoms with van der Waals surface area (Å²) in [5.41, 5.74) is -0.266. The van der Waals surface area contributed by atoms with Crippen LogP contribution in [0.5, 0.6) is 0 Å². The lowest BCUT2D eigenvalue weighted by atomic mass is 10.1. The van der Waals surface area contributed by atoms with E-state index < -0.39 is 23.2 Å². The van der Waals surface area contributed by atoms with Crippen LogP contribution < -0.4 is 0 Å². The van der Waals surface area contributed by atoms with Gasteiger partial charge in [0.1, 0.15) is 24.2 Å². The van der Waals surface area contributed by atoms with E-state index in [0.717, 1.165) is 0 Å². The molecule has 2 rings (SSSR count). The van der Waals surface area contributed by atoms with Gasteiger partial charge in [-0.3, -0.25) is 10.1 Å². The zero-order valence-corrected chi connectivity index (χ0v) is 15.2. The SMILES string of the molecule is CC(O)N(Cc1ccc(N=Nc2cccc([N+](=O)[O-])c2)c(F)c1C#N)C(C)O. The van der Waals surface area contributed by atoms with Gasteiger partial charge in [-0.05, 0) is 31.5 Å². The Morgan fingerprint density at radius 1 is 1.25 bits per heavy atom. The Hall–Kier alpha value is -3.26. The first kappa shape index (κ1) is 21.0. The third-order valence-electron chi connectivity index (χ3n) is 3.95. The molecule has 0 aliphatic rings. The number of non-ortho nitro benzene ring substituents is 1. The van der Waals surface area contributed by atoms with E-state index in [1.165, 1.54) is 55.1 Å². The third kappa shape index (κ3) is 4.92. The minimum Gasteiger partial charge on any atom is -0.379 e. The Morgan fingerprint density at radius 2 is 1.93 bits per heavy atom. The lowest BCUT2D eigenvalue weighted by molar-refractivity contribution is -0.384.